The first kappa shape index (κ1) is 22.5. The zero-order valence-corrected chi connectivity index (χ0v) is 17.4. The first-order valence-electron chi connectivity index (χ1n) is 9.88. The van der Waals surface area contributed by atoms with Gasteiger partial charge in [0, 0.05) is 11.8 Å². The average molecular weight is 464 g/mol. The van der Waals surface area contributed by atoms with E-state index in [1.54, 1.807) is 13.8 Å². The van der Waals surface area contributed by atoms with Crippen LogP contribution in [0.15, 0.2) is 41.1 Å². The summed E-state index contributed by atoms with van der Waals surface area (Å²) in [6.45, 7) is 3.28. The number of anilines is 2. The Bertz CT molecular complexity index is 1140. The highest BCUT2D eigenvalue weighted by Gasteiger charge is 2.38. The standard InChI is InChI=1S/C20H19F3N6O4/c1-10(17-27-16(28-33-17)12-3-5-13(6-4-12)20(21,22)23)25-18-24-8-7-15(26-18)29-14(11(2)30)9-32-19(29)31/h3-8,10-11,14,30H,9H2,1-2H3,(H,24,25,26)/t10-,11+,14+/m0/s1. The molecule has 1 aromatic carbocycles. The average Bonchev–Trinajstić information content (AvgIpc) is 3.41. The van der Waals surface area contributed by atoms with Crippen LogP contribution in [-0.4, -0.2) is 50.1 Å². The molecule has 1 fully saturated rings. The van der Waals surface area contributed by atoms with Crippen LogP contribution in [-0.2, 0) is 10.9 Å². The van der Waals surface area contributed by atoms with Crippen LogP contribution in [0.4, 0.5) is 29.7 Å². The van der Waals surface area contributed by atoms with Gasteiger partial charge in [0.1, 0.15) is 24.5 Å². The van der Waals surface area contributed by atoms with Gasteiger partial charge in [-0.25, -0.2) is 9.78 Å². The minimum absolute atomic E-state index is 0.0361. The molecule has 1 aliphatic rings. The SMILES string of the molecule is C[C@H](Nc1nccc(N2C(=O)OC[C@@H]2[C@@H](C)O)n1)c1nc(-c2ccc(C(F)(F)F)cc2)no1. The Kier molecular flexibility index (Phi) is 5.89. The molecule has 13 heteroatoms. The van der Waals surface area contributed by atoms with Gasteiger partial charge in [-0.2, -0.15) is 23.1 Å². The largest absolute Gasteiger partial charge is 0.447 e. The number of rotatable bonds is 6. The number of alkyl halides is 3. The van der Waals surface area contributed by atoms with E-state index in [-0.39, 0.29) is 30.1 Å². The second-order valence-corrected chi connectivity index (χ2v) is 7.39. The normalized spacial score (nSPS) is 18.2. The number of aliphatic hydroxyl groups is 1. The second kappa shape index (κ2) is 8.65. The van der Waals surface area contributed by atoms with Crippen molar-refractivity contribution in [1.29, 1.82) is 0 Å². The van der Waals surface area contributed by atoms with Gasteiger partial charge in [-0.05, 0) is 32.0 Å². The number of hydrogen-bond acceptors (Lipinski definition) is 9. The Hall–Kier alpha value is -3.74. The Morgan fingerprint density at radius 1 is 1.18 bits per heavy atom. The second-order valence-electron chi connectivity index (χ2n) is 7.39. The molecule has 1 aliphatic heterocycles. The van der Waals surface area contributed by atoms with E-state index in [0.29, 0.717) is 5.56 Å². The molecule has 0 bridgehead atoms. The van der Waals surface area contributed by atoms with Crippen LogP contribution in [0.25, 0.3) is 11.4 Å². The topological polar surface area (TPSA) is 127 Å². The maximum absolute atomic E-state index is 12.7. The number of benzene rings is 1. The van der Waals surface area contributed by atoms with Gasteiger partial charge in [0.25, 0.3) is 0 Å². The van der Waals surface area contributed by atoms with E-state index >= 15 is 0 Å². The molecule has 4 rings (SSSR count). The number of cyclic esters (lactones) is 1. The first-order valence-corrected chi connectivity index (χ1v) is 9.88. The molecule has 174 valence electrons. The maximum Gasteiger partial charge on any atom is 0.416 e. The van der Waals surface area contributed by atoms with Crippen LogP contribution < -0.4 is 10.2 Å². The van der Waals surface area contributed by atoms with Gasteiger partial charge in [-0.1, -0.05) is 17.3 Å². The van der Waals surface area contributed by atoms with Gasteiger partial charge in [-0.3, -0.25) is 4.90 Å². The fourth-order valence-corrected chi connectivity index (χ4v) is 3.20. The van der Waals surface area contributed by atoms with Gasteiger partial charge < -0.3 is 19.7 Å². The zero-order chi connectivity index (χ0) is 23.8. The van der Waals surface area contributed by atoms with Crippen LogP contribution in [0.2, 0.25) is 0 Å². The number of aliphatic hydroxyl groups excluding tert-OH is 1. The summed E-state index contributed by atoms with van der Waals surface area (Å²) < 4.78 is 48.4. The highest BCUT2D eigenvalue weighted by molar-refractivity contribution is 5.89. The number of nitrogens with zero attached hydrogens (tertiary/aromatic N) is 5. The summed E-state index contributed by atoms with van der Waals surface area (Å²) >= 11 is 0. The fourth-order valence-electron chi connectivity index (χ4n) is 3.20. The lowest BCUT2D eigenvalue weighted by Gasteiger charge is -2.22. The summed E-state index contributed by atoms with van der Waals surface area (Å²) in [5.41, 5.74) is -0.415. The highest BCUT2D eigenvalue weighted by atomic mass is 19.4. The molecule has 0 spiro atoms. The van der Waals surface area contributed by atoms with Gasteiger partial charge in [0.2, 0.25) is 17.7 Å². The van der Waals surface area contributed by atoms with E-state index < -0.39 is 36.0 Å². The van der Waals surface area contributed by atoms with Crippen molar-refractivity contribution in [3.8, 4) is 11.4 Å². The molecule has 0 aliphatic carbocycles. The summed E-state index contributed by atoms with van der Waals surface area (Å²) in [6, 6.07) is 4.76. The number of carbonyl (C=O) groups excluding carboxylic acids is 1. The molecular formula is C20H19F3N6O4. The van der Waals surface area contributed by atoms with Crippen molar-refractivity contribution in [2.75, 3.05) is 16.8 Å². The lowest BCUT2D eigenvalue weighted by atomic mass is 10.1. The lowest BCUT2D eigenvalue weighted by molar-refractivity contribution is -0.137. The van der Waals surface area contributed by atoms with E-state index in [9.17, 15) is 23.1 Å². The molecule has 2 N–H and O–H groups in total. The lowest BCUT2D eigenvalue weighted by Crippen LogP contribution is -2.41. The van der Waals surface area contributed by atoms with Gasteiger partial charge in [-0.15, -0.1) is 0 Å². The number of nitrogens with one attached hydrogen (secondary N) is 1. The summed E-state index contributed by atoms with van der Waals surface area (Å²) in [5, 5.41) is 16.7. The number of hydrogen-bond donors (Lipinski definition) is 2. The van der Waals surface area contributed by atoms with Crippen molar-refractivity contribution in [3.63, 3.8) is 0 Å². The van der Waals surface area contributed by atoms with E-state index in [2.05, 4.69) is 25.4 Å². The van der Waals surface area contributed by atoms with E-state index in [1.165, 1.54) is 29.3 Å². The molecular weight excluding hydrogens is 445 g/mol. The Balaban J connectivity index is 1.48. The van der Waals surface area contributed by atoms with Gasteiger partial charge >= 0.3 is 12.3 Å². The first-order chi connectivity index (χ1) is 15.6. The van der Waals surface area contributed by atoms with Crippen LogP contribution in [0, 0.1) is 0 Å². The molecule has 3 heterocycles. The molecule has 0 radical (unpaired) electrons. The molecule has 33 heavy (non-hydrogen) atoms. The summed E-state index contributed by atoms with van der Waals surface area (Å²) in [6.07, 6.45) is -4.46. The van der Waals surface area contributed by atoms with Gasteiger partial charge in [0.05, 0.1) is 11.7 Å². The van der Waals surface area contributed by atoms with Crippen molar-refractivity contribution >= 4 is 17.9 Å². The van der Waals surface area contributed by atoms with Crippen LogP contribution >= 0.6 is 0 Å². The third-order valence-corrected chi connectivity index (χ3v) is 4.98. The third-order valence-electron chi connectivity index (χ3n) is 4.98. The molecule has 1 saturated heterocycles. The van der Waals surface area contributed by atoms with E-state index in [4.69, 9.17) is 9.26 Å². The molecule has 3 aromatic rings. The third kappa shape index (κ3) is 4.72. The van der Waals surface area contributed by atoms with Gasteiger partial charge in [0.15, 0.2) is 0 Å². The predicted molar refractivity (Wildman–Crippen MR) is 108 cm³/mol. The Morgan fingerprint density at radius 3 is 2.58 bits per heavy atom. The fraction of sp³-hybridized carbons (Fsp3) is 0.350. The number of aromatic nitrogens is 4. The van der Waals surface area contributed by atoms with Crippen LogP contribution in [0.1, 0.15) is 31.3 Å². The molecule has 0 saturated carbocycles. The van der Waals surface area contributed by atoms with Crippen molar-refractivity contribution in [2.45, 2.75) is 38.2 Å². The number of ether oxygens (including phenoxy) is 1. The summed E-state index contributed by atoms with van der Waals surface area (Å²) in [4.78, 5) is 25.9. The summed E-state index contributed by atoms with van der Waals surface area (Å²) in [7, 11) is 0. The van der Waals surface area contributed by atoms with Crippen molar-refractivity contribution < 1.29 is 32.3 Å². The number of carbonyl (C=O) groups is 1. The van der Waals surface area contributed by atoms with Crippen molar-refractivity contribution in [1.82, 2.24) is 20.1 Å². The molecule has 2 aromatic heterocycles. The minimum Gasteiger partial charge on any atom is -0.447 e. The van der Waals surface area contributed by atoms with E-state index in [0.717, 1.165) is 12.1 Å². The monoisotopic (exact) mass is 464 g/mol. The quantitative estimate of drug-likeness (QED) is 0.564. The molecule has 10 nitrogen and oxygen atoms in total. The summed E-state index contributed by atoms with van der Waals surface area (Å²) in [5.74, 6) is 0.672. The van der Waals surface area contributed by atoms with E-state index in [1.807, 2.05) is 0 Å². The number of amides is 1. The molecule has 1 amide bonds. The van der Waals surface area contributed by atoms with Crippen LogP contribution in [0.5, 0.6) is 0 Å². The smallest absolute Gasteiger partial charge is 0.416 e. The Morgan fingerprint density at radius 2 is 1.91 bits per heavy atom. The molecule has 0 unspecified atom stereocenters. The number of halogens is 3. The van der Waals surface area contributed by atoms with Crippen molar-refractivity contribution in [2.24, 2.45) is 0 Å². The molecule has 3 atom stereocenters. The van der Waals surface area contributed by atoms with Crippen LogP contribution in [0.3, 0.4) is 0 Å². The Labute approximate surface area is 185 Å². The zero-order valence-electron chi connectivity index (χ0n) is 17.4. The maximum atomic E-state index is 12.7. The minimum atomic E-state index is -4.44. The van der Waals surface area contributed by atoms with Crippen molar-refractivity contribution in [3.05, 3.63) is 48.0 Å². The predicted octanol–water partition coefficient (Wildman–Crippen LogP) is 3.42. The highest BCUT2D eigenvalue weighted by Crippen LogP contribution is 2.31.